The molecule has 0 unspecified atom stereocenters. The fourth-order valence-corrected chi connectivity index (χ4v) is 4.06. The fourth-order valence-electron chi connectivity index (χ4n) is 4.06. The van der Waals surface area contributed by atoms with Gasteiger partial charge in [-0.2, -0.15) is 0 Å². The summed E-state index contributed by atoms with van der Waals surface area (Å²) in [5, 5.41) is 0. The van der Waals surface area contributed by atoms with E-state index in [4.69, 9.17) is 4.98 Å². The quantitative estimate of drug-likeness (QED) is 0.756. The highest BCUT2D eigenvalue weighted by molar-refractivity contribution is 6.11. The van der Waals surface area contributed by atoms with E-state index in [2.05, 4.69) is 22.1 Å². The molecule has 0 aliphatic carbocycles. The third-order valence-corrected chi connectivity index (χ3v) is 5.69. The van der Waals surface area contributed by atoms with Crippen LogP contribution >= 0.6 is 0 Å². The predicted molar refractivity (Wildman–Crippen MR) is 112 cm³/mol. The van der Waals surface area contributed by atoms with E-state index in [0.29, 0.717) is 5.92 Å². The minimum atomic E-state index is 0.115. The molecule has 5 nitrogen and oxygen atoms in total. The van der Waals surface area contributed by atoms with Gasteiger partial charge < -0.3 is 9.88 Å². The van der Waals surface area contributed by atoms with Crippen LogP contribution in [0.25, 0.3) is 16.6 Å². The Morgan fingerprint density at radius 3 is 2.54 bits per heavy atom. The number of aliphatic imine (C=N–C) groups is 1. The Morgan fingerprint density at radius 1 is 1.04 bits per heavy atom. The lowest BCUT2D eigenvalue weighted by Gasteiger charge is -2.31. The van der Waals surface area contributed by atoms with Gasteiger partial charge >= 0.3 is 0 Å². The van der Waals surface area contributed by atoms with Crippen LogP contribution in [0, 0.1) is 0 Å². The monoisotopic (exact) mass is 370 g/mol. The van der Waals surface area contributed by atoms with Crippen molar-refractivity contribution >= 4 is 28.7 Å². The zero-order chi connectivity index (χ0) is 18.9. The molecule has 0 atom stereocenters. The molecule has 3 aromatic rings. The number of aromatic amines is 1. The van der Waals surface area contributed by atoms with E-state index in [9.17, 15) is 4.79 Å². The summed E-state index contributed by atoms with van der Waals surface area (Å²) in [6, 6.07) is 16.0. The van der Waals surface area contributed by atoms with Gasteiger partial charge in [0, 0.05) is 30.8 Å². The largest absolute Gasteiger partial charge is 0.342 e. The second kappa shape index (κ2) is 7.08. The summed E-state index contributed by atoms with van der Waals surface area (Å²) in [6.07, 6.45) is 5.86. The molecule has 1 amide bonds. The van der Waals surface area contributed by atoms with Crippen LogP contribution in [0.3, 0.4) is 0 Å². The Morgan fingerprint density at radius 2 is 1.82 bits per heavy atom. The second-order valence-electron chi connectivity index (χ2n) is 7.44. The predicted octanol–water partition coefficient (Wildman–Crippen LogP) is 4.05. The van der Waals surface area contributed by atoms with Gasteiger partial charge in [0.25, 0.3) is 5.91 Å². The first-order valence-corrected chi connectivity index (χ1v) is 9.82. The maximum Gasteiger partial charge on any atom is 0.253 e. The standard InChI is InChI=1S/C23H22N4O/c28-23(18-7-5-16(6-8-18)19-9-12-24-15-19)27-13-10-17(11-14-27)22-25-20-3-1-2-4-21(20)26-22/h1-9,15,17H,10-14H2,(H,25,26). The maximum absolute atomic E-state index is 12.9. The minimum Gasteiger partial charge on any atom is -0.342 e. The van der Waals surface area contributed by atoms with Crippen LogP contribution in [0.4, 0.5) is 0 Å². The summed E-state index contributed by atoms with van der Waals surface area (Å²) in [5.74, 6) is 1.54. The molecule has 1 fully saturated rings. The van der Waals surface area contributed by atoms with Gasteiger partial charge in [-0.25, -0.2) is 4.98 Å². The Hall–Kier alpha value is -3.21. The van der Waals surface area contributed by atoms with Gasteiger partial charge in [0.2, 0.25) is 0 Å². The maximum atomic E-state index is 12.9. The van der Waals surface area contributed by atoms with Gasteiger partial charge in [0.15, 0.2) is 0 Å². The van der Waals surface area contributed by atoms with Crippen LogP contribution in [-0.2, 0) is 0 Å². The topological polar surface area (TPSA) is 61.4 Å². The van der Waals surface area contributed by atoms with Crippen molar-refractivity contribution in [2.45, 2.75) is 18.8 Å². The molecule has 0 saturated carbocycles. The molecule has 2 aliphatic heterocycles. The highest BCUT2D eigenvalue weighted by Crippen LogP contribution is 2.28. The molecule has 3 heterocycles. The van der Waals surface area contributed by atoms with Crippen molar-refractivity contribution in [3.63, 3.8) is 0 Å². The number of carbonyl (C=O) groups is 1. The van der Waals surface area contributed by atoms with Crippen LogP contribution in [0.5, 0.6) is 0 Å². The summed E-state index contributed by atoms with van der Waals surface area (Å²) >= 11 is 0. The summed E-state index contributed by atoms with van der Waals surface area (Å²) in [6.45, 7) is 2.27. The number of aromatic nitrogens is 2. The van der Waals surface area contributed by atoms with E-state index in [1.165, 1.54) is 0 Å². The molecule has 0 spiro atoms. The van der Waals surface area contributed by atoms with Gasteiger partial charge in [-0.3, -0.25) is 9.79 Å². The smallest absolute Gasteiger partial charge is 0.253 e. The van der Waals surface area contributed by atoms with Crippen molar-refractivity contribution in [1.82, 2.24) is 14.9 Å². The first kappa shape index (κ1) is 16.9. The Bertz CT molecular complexity index is 1040. The lowest BCUT2D eigenvalue weighted by Crippen LogP contribution is -2.38. The SMILES string of the molecule is O=C(c1ccc(C2=CCN=C2)cc1)N1CCC(c2nc3ccccc3[nH]2)CC1. The molecular weight excluding hydrogens is 348 g/mol. The van der Waals surface area contributed by atoms with E-state index in [1.54, 1.807) is 0 Å². The number of hydrogen-bond acceptors (Lipinski definition) is 3. The third kappa shape index (κ3) is 3.13. The number of para-hydroxylation sites is 2. The number of carbonyl (C=O) groups excluding carboxylic acids is 1. The normalized spacial score (nSPS) is 17.3. The highest BCUT2D eigenvalue weighted by atomic mass is 16.2. The lowest BCUT2D eigenvalue weighted by atomic mass is 9.95. The van der Waals surface area contributed by atoms with Crippen molar-refractivity contribution in [3.8, 4) is 0 Å². The van der Waals surface area contributed by atoms with Gasteiger partial charge in [0.1, 0.15) is 5.82 Å². The number of allylic oxidation sites excluding steroid dienone is 1. The van der Waals surface area contributed by atoms with Crippen molar-refractivity contribution in [1.29, 1.82) is 0 Å². The molecule has 5 heteroatoms. The van der Waals surface area contributed by atoms with Gasteiger partial charge in [-0.05, 0) is 48.2 Å². The minimum absolute atomic E-state index is 0.115. The van der Waals surface area contributed by atoms with Gasteiger partial charge in [-0.15, -0.1) is 0 Å². The highest BCUT2D eigenvalue weighted by Gasteiger charge is 2.26. The second-order valence-corrected chi connectivity index (χ2v) is 7.44. The average molecular weight is 370 g/mol. The molecule has 1 N–H and O–H groups in total. The van der Waals surface area contributed by atoms with E-state index < -0.39 is 0 Å². The number of H-pyrrole nitrogens is 1. The van der Waals surface area contributed by atoms with Crippen molar-refractivity contribution in [3.05, 3.63) is 71.6 Å². The van der Waals surface area contributed by atoms with Crippen LogP contribution in [-0.4, -0.2) is 46.6 Å². The van der Waals surface area contributed by atoms with Crippen LogP contribution in [0.15, 0.2) is 59.6 Å². The summed E-state index contributed by atoms with van der Waals surface area (Å²) in [4.78, 5) is 27.2. The average Bonchev–Trinajstić information content (AvgIpc) is 3.43. The number of hydrogen-bond donors (Lipinski definition) is 1. The first-order valence-electron chi connectivity index (χ1n) is 9.82. The number of nitrogens with zero attached hydrogens (tertiary/aromatic N) is 3. The van der Waals surface area contributed by atoms with Crippen molar-refractivity contribution < 1.29 is 4.79 Å². The number of likely N-dealkylation sites (tertiary alicyclic amines) is 1. The third-order valence-electron chi connectivity index (χ3n) is 5.69. The molecule has 5 rings (SSSR count). The summed E-state index contributed by atoms with van der Waals surface area (Å²) in [7, 11) is 0. The number of imidazole rings is 1. The van der Waals surface area contributed by atoms with E-state index >= 15 is 0 Å². The molecule has 0 bridgehead atoms. The number of amides is 1. The lowest BCUT2D eigenvalue weighted by molar-refractivity contribution is 0.0711. The number of nitrogens with one attached hydrogen (secondary N) is 1. The Balaban J connectivity index is 1.24. The Labute approximate surface area is 163 Å². The molecular formula is C23H22N4O. The number of piperidine rings is 1. The Kier molecular flexibility index (Phi) is 4.28. The molecule has 140 valence electrons. The summed E-state index contributed by atoms with van der Waals surface area (Å²) in [5.41, 5.74) is 5.09. The first-order chi connectivity index (χ1) is 13.8. The van der Waals surface area contributed by atoms with E-state index in [-0.39, 0.29) is 5.91 Å². The zero-order valence-corrected chi connectivity index (χ0v) is 15.6. The molecule has 28 heavy (non-hydrogen) atoms. The van der Waals surface area contributed by atoms with E-state index in [0.717, 1.165) is 66.0 Å². The number of benzene rings is 2. The van der Waals surface area contributed by atoms with Crippen molar-refractivity contribution in [2.75, 3.05) is 19.6 Å². The van der Waals surface area contributed by atoms with E-state index in [1.807, 2.05) is 53.6 Å². The fraction of sp³-hybridized carbons (Fsp3) is 0.261. The molecule has 1 saturated heterocycles. The van der Waals surface area contributed by atoms with Crippen LogP contribution in [0.2, 0.25) is 0 Å². The zero-order valence-electron chi connectivity index (χ0n) is 15.6. The van der Waals surface area contributed by atoms with Crippen LogP contribution < -0.4 is 0 Å². The number of fused-ring (bicyclic) bond motifs is 1. The molecule has 2 aromatic carbocycles. The molecule has 1 aromatic heterocycles. The molecule has 2 aliphatic rings. The number of rotatable bonds is 3. The summed E-state index contributed by atoms with van der Waals surface area (Å²) < 4.78 is 0. The molecule has 0 radical (unpaired) electrons. The van der Waals surface area contributed by atoms with Gasteiger partial charge in [0.05, 0.1) is 17.6 Å². The van der Waals surface area contributed by atoms with Gasteiger partial charge in [-0.1, -0.05) is 30.3 Å². The van der Waals surface area contributed by atoms with Crippen molar-refractivity contribution in [2.24, 2.45) is 4.99 Å². The van der Waals surface area contributed by atoms with Crippen LogP contribution in [0.1, 0.15) is 40.5 Å².